The van der Waals surface area contributed by atoms with E-state index < -0.39 is 11.9 Å². The van der Waals surface area contributed by atoms with E-state index in [9.17, 15) is 14.4 Å². The summed E-state index contributed by atoms with van der Waals surface area (Å²) in [6.07, 6.45) is 3.39. The van der Waals surface area contributed by atoms with Crippen LogP contribution in [0.25, 0.3) is 5.69 Å². The van der Waals surface area contributed by atoms with Crippen LogP contribution in [0.2, 0.25) is 0 Å². The molecule has 4 rings (SSSR count). The molecule has 0 radical (unpaired) electrons. The van der Waals surface area contributed by atoms with Crippen molar-refractivity contribution < 1.29 is 23.9 Å². The topological polar surface area (TPSA) is 101 Å². The van der Waals surface area contributed by atoms with Crippen molar-refractivity contribution in [2.24, 2.45) is 5.73 Å². The first-order valence-electron chi connectivity index (χ1n) is 10.9. The second kappa shape index (κ2) is 9.32. The lowest BCUT2D eigenvalue weighted by Crippen LogP contribution is -2.20. The summed E-state index contributed by atoms with van der Waals surface area (Å²) in [6.45, 7) is 3.26. The van der Waals surface area contributed by atoms with Gasteiger partial charge in [-0.2, -0.15) is 0 Å². The normalized spacial score (nSPS) is 12.3. The summed E-state index contributed by atoms with van der Waals surface area (Å²) in [4.78, 5) is 36.0. The molecule has 0 saturated heterocycles. The number of nitrogens with two attached hydrogens (primary N) is 1. The Kier molecular flexibility index (Phi) is 6.31. The molecule has 1 amide bonds. The summed E-state index contributed by atoms with van der Waals surface area (Å²) in [7, 11) is 0. The maximum absolute atomic E-state index is 12.8. The zero-order valence-electron chi connectivity index (χ0n) is 18.7. The third kappa shape index (κ3) is 4.82. The van der Waals surface area contributed by atoms with Crippen LogP contribution >= 0.6 is 0 Å². The molecule has 2 N–H and O–H groups in total. The minimum Gasteiger partial charge on any atom is -0.484 e. The highest BCUT2D eigenvalue weighted by Crippen LogP contribution is 2.27. The van der Waals surface area contributed by atoms with Crippen LogP contribution < -0.4 is 10.5 Å². The standard InChI is InChI=1S/C26H26N2O5/c1-16-12-23(17(2)28(16)21-9-6-18-4-3-5-20(18)13-21)24(29)14-33-26(31)19-7-10-22(11-8-19)32-15-25(27)30/h6-13H,3-5,14-15H2,1-2H3,(H2,27,30). The lowest BCUT2D eigenvalue weighted by Gasteiger charge is -2.12. The average molecular weight is 447 g/mol. The van der Waals surface area contributed by atoms with Crippen LogP contribution in [-0.4, -0.2) is 35.4 Å². The van der Waals surface area contributed by atoms with Gasteiger partial charge in [0.25, 0.3) is 5.91 Å². The number of nitrogens with zero attached hydrogens (tertiary/aromatic N) is 1. The molecular weight excluding hydrogens is 420 g/mol. The van der Waals surface area contributed by atoms with Crippen LogP contribution in [-0.2, 0) is 22.4 Å². The van der Waals surface area contributed by atoms with Gasteiger partial charge in [0.1, 0.15) is 5.75 Å². The van der Waals surface area contributed by atoms with E-state index in [4.69, 9.17) is 15.2 Å². The molecule has 1 aliphatic rings. The van der Waals surface area contributed by atoms with Crippen LogP contribution in [0.3, 0.4) is 0 Å². The second-order valence-corrected chi connectivity index (χ2v) is 8.21. The smallest absolute Gasteiger partial charge is 0.338 e. The number of ketones is 1. The fourth-order valence-corrected chi connectivity index (χ4v) is 4.27. The summed E-state index contributed by atoms with van der Waals surface area (Å²) in [5, 5.41) is 0. The first kappa shape index (κ1) is 22.3. The number of carbonyl (C=O) groups excluding carboxylic acids is 3. The molecule has 0 atom stereocenters. The maximum atomic E-state index is 12.8. The first-order chi connectivity index (χ1) is 15.8. The molecular formula is C26H26N2O5. The zero-order valence-corrected chi connectivity index (χ0v) is 18.7. The van der Waals surface area contributed by atoms with Gasteiger partial charge in [-0.05, 0) is 86.7 Å². The van der Waals surface area contributed by atoms with Crippen molar-refractivity contribution in [1.82, 2.24) is 4.57 Å². The lowest BCUT2D eigenvalue weighted by atomic mass is 10.1. The number of benzene rings is 2. The summed E-state index contributed by atoms with van der Waals surface area (Å²) >= 11 is 0. The van der Waals surface area contributed by atoms with Crippen LogP contribution in [0.15, 0.2) is 48.5 Å². The quantitative estimate of drug-likeness (QED) is 0.422. The number of hydrogen-bond acceptors (Lipinski definition) is 5. The van der Waals surface area contributed by atoms with E-state index in [0.29, 0.717) is 11.3 Å². The van der Waals surface area contributed by atoms with Crippen LogP contribution in [0, 0.1) is 13.8 Å². The Morgan fingerprint density at radius 2 is 1.67 bits per heavy atom. The van der Waals surface area contributed by atoms with Gasteiger partial charge in [-0.3, -0.25) is 9.59 Å². The molecule has 0 spiro atoms. The number of rotatable bonds is 8. The van der Waals surface area contributed by atoms with Crippen molar-refractivity contribution in [2.75, 3.05) is 13.2 Å². The number of primary amides is 1. The molecule has 3 aromatic rings. The molecule has 7 heteroatoms. The summed E-state index contributed by atoms with van der Waals surface area (Å²) in [5.41, 5.74) is 11.4. The van der Waals surface area contributed by atoms with Crippen molar-refractivity contribution >= 4 is 17.7 Å². The van der Waals surface area contributed by atoms with E-state index in [2.05, 4.69) is 22.8 Å². The Bertz CT molecular complexity index is 1220. The highest BCUT2D eigenvalue weighted by Gasteiger charge is 2.20. The highest BCUT2D eigenvalue weighted by molar-refractivity contribution is 6.00. The second-order valence-electron chi connectivity index (χ2n) is 8.21. The molecule has 1 aliphatic carbocycles. The molecule has 170 valence electrons. The Morgan fingerprint density at radius 1 is 0.939 bits per heavy atom. The predicted molar refractivity (Wildman–Crippen MR) is 123 cm³/mol. The van der Waals surface area contributed by atoms with Crippen LogP contribution in [0.5, 0.6) is 5.75 Å². The van der Waals surface area contributed by atoms with Gasteiger partial charge in [-0.25, -0.2) is 4.79 Å². The zero-order chi connectivity index (χ0) is 23.5. The number of amides is 1. The van der Waals surface area contributed by atoms with E-state index in [-0.39, 0.29) is 24.6 Å². The first-order valence-corrected chi connectivity index (χ1v) is 10.9. The SMILES string of the molecule is Cc1cc(C(=O)COC(=O)c2ccc(OCC(N)=O)cc2)c(C)n1-c1ccc2c(c1)CCC2. The van der Waals surface area contributed by atoms with E-state index in [1.807, 2.05) is 19.9 Å². The van der Waals surface area contributed by atoms with Crippen molar-refractivity contribution in [2.45, 2.75) is 33.1 Å². The van der Waals surface area contributed by atoms with Crippen molar-refractivity contribution in [3.8, 4) is 11.4 Å². The van der Waals surface area contributed by atoms with Crippen molar-refractivity contribution in [3.05, 3.63) is 82.2 Å². The minimum absolute atomic E-state index is 0.248. The van der Waals surface area contributed by atoms with Crippen LogP contribution in [0.1, 0.15) is 49.7 Å². The Balaban J connectivity index is 1.42. The van der Waals surface area contributed by atoms with Gasteiger partial charge in [-0.1, -0.05) is 6.07 Å². The number of aromatic nitrogens is 1. The Morgan fingerprint density at radius 3 is 2.39 bits per heavy atom. The molecule has 1 aromatic heterocycles. The molecule has 33 heavy (non-hydrogen) atoms. The number of esters is 1. The predicted octanol–water partition coefficient (Wildman–Crippen LogP) is 3.49. The molecule has 0 bridgehead atoms. The molecule has 0 fully saturated rings. The van der Waals surface area contributed by atoms with Crippen molar-refractivity contribution in [1.29, 1.82) is 0 Å². The van der Waals surface area contributed by atoms with Gasteiger partial charge in [-0.15, -0.1) is 0 Å². The third-order valence-corrected chi connectivity index (χ3v) is 5.88. The van der Waals surface area contributed by atoms with Gasteiger partial charge in [0.05, 0.1) is 5.56 Å². The fourth-order valence-electron chi connectivity index (χ4n) is 4.27. The van der Waals surface area contributed by atoms with Gasteiger partial charge in [0.2, 0.25) is 5.78 Å². The number of aryl methyl sites for hydroxylation is 3. The summed E-state index contributed by atoms with van der Waals surface area (Å²) in [5.74, 6) is -1.06. The lowest BCUT2D eigenvalue weighted by molar-refractivity contribution is -0.119. The highest BCUT2D eigenvalue weighted by atomic mass is 16.5. The van der Waals surface area contributed by atoms with Gasteiger partial charge in [0, 0.05) is 22.6 Å². The van der Waals surface area contributed by atoms with E-state index in [0.717, 1.165) is 29.9 Å². The molecule has 0 unspecified atom stereocenters. The molecule has 1 heterocycles. The van der Waals surface area contributed by atoms with Crippen molar-refractivity contribution in [3.63, 3.8) is 0 Å². The van der Waals surface area contributed by atoms with E-state index in [1.165, 1.54) is 41.8 Å². The average Bonchev–Trinajstić information content (AvgIpc) is 3.39. The summed E-state index contributed by atoms with van der Waals surface area (Å²) < 4.78 is 12.5. The van der Waals surface area contributed by atoms with Gasteiger partial charge >= 0.3 is 5.97 Å². The summed E-state index contributed by atoms with van der Waals surface area (Å²) in [6, 6.07) is 14.4. The number of fused-ring (bicyclic) bond motifs is 1. The number of Topliss-reactive ketones (excluding diaryl/α,β-unsaturated/α-hetero) is 1. The van der Waals surface area contributed by atoms with Gasteiger partial charge in [0.15, 0.2) is 13.2 Å². The molecule has 0 aliphatic heterocycles. The number of hydrogen-bond donors (Lipinski definition) is 1. The monoisotopic (exact) mass is 446 g/mol. The number of ether oxygens (including phenoxy) is 2. The Labute approximate surface area is 192 Å². The molecule has 0 saturated carbocycles. The minimum atomic E-state index is -0.614. The van der Waals surface area contributed by atoms with Gasteiger partial charge < -0.3 is 19.8 Å². The van der Waals surface area contributed by atoms with E-state index in [1.54, 1.807) is 0 Å². The molecule has 2 aromatic carbocycles. The fraction of sp³-hybridized carbons (Fsp3) is 0.269. The maximum Gasteiger partial charge on any atom is 0.338 e. The molecule has 7 nitrogen and oxygen atoms in total. The Hall–Kier alpha value is -3.87. The van der Waals surface area contributed by atoms with E-state index >= 15 is 0 Å². The number of carbonyl (C=O) groups is 3. The largest absolute Gasteiger partial charge is 0.484 e. The van der Waals surface area contributed by atoms with Crippen LogP contribution in [0.4, 0.5) is 0 Å². The third-order valence-electron chi connectivity index (χ3n) is 5.88.